The standard InChI is InChI=1S/C23H37N3O4/c1-7-8-12-15-26(19(27)16-24-22(29)30-23(4,5)6)20(21(28)25-17(2)3)18-13-10-9-11-14-18/h9-11,13-14,17,20H,7-8,12,15-16H2,1-6H3,(H,24,29)(H,25,28). The zero-order valence-electron chi connectivity index (χ0n) is 19.2. The average molecular weight is 420 g/mol. The van der Waals surface area contributed by atoms with Crippen molar-refractivity contribution in [1.82, 2.24) is 15.5 Å². The van der Waals surface area contributed by atoms with E-state index in [4.69, 9.17) is 4.74 Å². The number of hydrogen-bond acceptors (Lipinski definition) is 4. The maximum Gasteiger partial charge on any atom is 0.408 e. The number of ether oxygens (including phenoxy) is 1. The molecular weight excluding hydrogens is 382 g/mol. The van der Waals surface area contributed by atoms with Crippen LogP contribution in [0.2, 0.25) is 0 Å². The van der Waals surface area contributed by atoms with Gasteiger partial charge in [0.1, 0.15) is 18.2 Å². The molecule has 1 unspecified atom stereocenters. The molecule has 30 heavy (non-hydrogen) atoms. The summed E-state index contributed by atoms with van der Waals surface area (Å²) in [5.41, 5.74) is 0.0790. The van der Waals surface area contributed by atoms with Crippen molar-refractivity contribution in [2.24, 2.45) is 0 Å². The van der Waals surface area contributed by atoms with E-state index in [2.05, 4.69) is 17.6 Å². The van der Waals surface area contributed by atoms with Crippen LogP contribution < -0.4 is 10.6 Å². The van der Waals surface area contributed by atoms with E-state index in [1.54, 1.807) is 25.7 Å². The summed E-state index contributed by atoms with van der Waals surface area (Å²) in [6, 6.07) is 8.42. The van der Waals surface area contributed by atoms with Crippen molar-refractivity contribution in [1.29, 1.82) is 0 Å². The number of rotatable bonds is 10. The molecule has 0 heterocycles. The SMILES string of the molecule is CCCCCN(C(=O)CNC(=O)OC(C)(C)C)C(C(=O)NC(C)C)c1ccccc1. The lowest BCUT2D eigenvalue weighted by Gasteiger charge is -2.32. The fourth-order valence-electron chi connectivity index (χ4n) is 2.97. The van der Waals surface area contributed by atoms with Crippen LogP contribution >= 0.6 is 0 Å². The number of unbranched alkanes of at least 4 members (excludes halogenated alkanes) is 2. The predicted octanol–water partition coefficient (Wildman–Crippen LogP) is 3.80. The smallest absolute Gasteiger partial charge is 0.408 e. The first kappa shape index (κ1) is 25.5. The maximum atomic E-state index is 13.1. The molecular formula is C23H37N3O4. The number of carbonyl (C=O) groups is 3. The Balaban J connectivity index is 3.08. The lowest BCUT2D eigenvalue weighted by atomic mass is 10.0. The minimum Gasteiger partial charge on any atom is -0.444 e. The van der Waals surface area contributed by atoms with Crippen molar-refractivity contribution in [2.45, 2.75) is 78.5 Å². The van der Waals surface area contributed by atoms with Crippen LogP contribution in [-0.4, -0.2) is 47.5 Å². The Bertz CT molecular complexity index is 683. The molecule has 168 valence electrons. The van der Waals surface area contributed by atoms with Crippen LogP contribution in [0, 0.1) is 0 Å². The van der Waals surface area contributed by atoms with E-state index in [0.29, 0.717) is 6.54 Å². The maximum absolute atomic E-state index is 13.1. The summed E-state index contributed by atoms with van der Waals surface area (Å²) in [5.74, 6) is -0.567. The average Bonchev–Trinajstić information content (AvgIpc) is 2.64. The van der Waals surface area contributed by atoms with Crippen LogP contribution in [0.4, 0.5) is 4.79 Å². The highest BCUT2D eigenvalue weighted by atomic mass is 16.6. The normalized spacial score (nSPS) is 12.2. The van der Waals surface area contributed by atoms with Gasteiger partial charge in [0.25, 0.3) is 0 Å². The summed E-state index contributed by atoms with van der Waals surface area (Å²) in [7, 11) is 0. The zero-order chi connectivity index (χ0) is 22.7. The van der Waals surface area contributed by atoms with Gasteiger partial charge in [0.2, 0.25) is 11.8 Å². The third-order valence-corrected chi connectivity index (χ3v) is 4.21. The van der Waals surface area contributed by atoms with Gasteiger partial charge < -0.3 is 20.3 Å². The molecule has 0 aliphatic heterocycles. The van der Waals surface area contributed by atoms with Crippen LogP contribution in [0.15, 0.2) is 30.3 Å². The number of nitrogens with zero attached hydrogens (tertiary/aromatic N) is 1. The van der Waals surface area contributed by atoms with Gasteiger partial charge in [-0.2, -0.15) is 0 Å². The van der Waals surface area contributed by atoms with E-state index in [0.717, 1.165) is 24.8 Å². The Morgan fingerprint density at radius 2 is 1.70 bits per heavy atom. The fourth-order valence-corrected chi connectivity index (χ4v) is 2.97. The number of carbonyl (C=O) groups excluding carboxylic acids is 3. The Morgan fingerprint density at radius 3 is 2.23 bits per heavy atom. The molecule has 0 aliphatic rings. The Hall–Kier alpha value is -2.57. The van der Waals surface area contributed by atoms with Crippen molar-refractivity contribution in [2.75, 3.05) is 13.1 Å². The molecule has 3 amide bonds. The molecule has 0 saturated carbocycles. The van der Waals surface area contributed by atoms with Crippen molar-refractivity contribution >= 4 is 17.9 Å². The fraction of sp³-hybridized carbons (Fsp3) is 0.609. The quantitative estimate of drug-likeness (QED) is 0.565. The van der Waals surface area contributed by atoms with Crippen LogP contribution in [-0.2, 0) is 14.3 Å². The highest BCUT2D eigenvalue weighted by Crippen LogP contribution is 2.22. The van der Waals surface area contributed by atoms with Gasteiger partial charge in [0.05, 0.1) is 0 Å². The number of benzene rings is 1. The van der Waals surface area contributed by atoms with Gasteiger partial charge in [-0.25, -0.2) is 4.79 Å². The van der Waals surface area contributed by atoms with Gasteiger partial charge >= 0.3 is 6.09 Å². The molecule has 1 atom stereocenters. The van der Waals surface area contributed by atoms with Gasteiger partial charge in [0, 0.05) is 12.6 Å². The summed E-state index contributed by atoms with van der Waals surface area (Å²) in [5, 5.41) is 5.43. The Kier molecular flexibility index (Phi) is 10.4. The molecule has 1 aromatic rings. The van der Waals surface area contributed by atoms with E-state index in [-0.39, 0.29) is 24.4 Å². The largest absolute Gasteiger partial charge is 0.444 e. The number of hydrogen-bond donors (Lipinski definition) is 2. The predicted molar refractivity (Wildman–Crippen MR) is 118 cm³/mol. The summed E-state index contributed by atoms with van der Waals surface area (Å²) in [6.45, 7) is 11.3. The lowest BCUT2D eigenvalue weighted by molar-refractivity contribution is -0.140. The number of alkyl carbamates (subject to hydrolysis) is 1. The summed E-state index contributed by atoms with van der Waals surface area (Å²) in [6.07, 6.45) is 2.04. The van der Waals surface area contributed by atoms with Crippen LogP contribution in [0.3, 0.4) is 0 Å². The minimum absolute atomic E-state index is 0.0591. The van der Waals surface area contributed by atoms with E-state index in [1.807, 2.05) is 44.2 Å². The molecule has 0 bridgehead atoms. The van der Waals surface area contributed by atoms with E-state index in [1.165, 1.54) is 0 Å². The van der Waals surface area contributed by atoms with Crippen molar-refractivity contribution in [3.05, 3.63) is 35.9 Å². The molecule has 0 radical (unpaired) electrons. The zero-order valence-corrected chi connectivity index (χ0v) is 19.2. The molecule has 2 N–H and O–H groups in total. The highest BCUT2D eigenvalue weighted by molar-refractivity contribution is 5.90. The monoisotopic (exact) mass is 419 g/mol. The minimum atomic E-state index is -0.765. The summed E-state index contributed by atoms with van der Waals surface area (Å²) >= 11 is 0. The first-order valence-corrected chi connectivity index (χ1v) is 10.7. The van der Waals surface area contributed by atoms with Crippen LogP contribution in [0.5, 0.6) is 0 Å². The molecule has 7 nitrogen and oxygen atoms in total. The summed E-state index contributed by atoms with van der Waals surface area (Å²) in [4.78, 5) is 39.7. The second-order valence-electron chi connectivity index (χ2n) is 8.63. The summed E-state index contributed by atoms with van der Waals surface area (Å²) < 4.78 is 5.21. The second kappa shape index (κ2) is 12.2. The molecule has 7 heteroatoms. The first-order valence-electron chi connectivity index (χ1n) is 10.7. The van der Waals surface area contributed by atoms with E-state index >= 15 is 0 Å². The number of nitrogens with one attached hydrogen (secondary N) is 2. The van der Waals surface area contributed by atoms with E-state index < -0.39 is 17.7 Å². The molecule has 0 aromatic heterocycles. The molecule has 0 spiro atoms. The third-order valence-electron chi connectivity index (χ3n) is 4.21. The second-order valence-corrected chi connectivity index (χ2v) is 8.63. The lowest BCUT2D eigenvalue weighted by Crippen LogP contribution is -2.49. The first-order chi connectivity index (χ1) is 14.0. The number of amides is 3. The molecule has 1 rings (SSSR count). The van der Waals surface area contributed by atoms with Gasteiger partial charge in [-0.3, -0.25) is 9.59 Å². The van der Waals surface area contributed by atoms with Gasteiger partial charge in [-0.15, -0.1) is 0 Å². The van der Waals surface area contributed by atoms with Gasteiger partial charge in [-0.1, -0.05) is 50.1 Å². The van der Waals surface area contributed by atoms with Gasteiger partial charge in [-0.05, 0) is 46.6 Å². The molecule has 0 aliphatic carbocycles. The Labute approximate surface area is 180 Å². The highest BCUT2D eigenvalue weighted by Gasteiger charge is 2.31. The van der Waals surface area contributed by atoms with Crippen molar-refractivity contribution in [3.63, 3.8) is 0 Å². The van der Waals surface area contributed by atoms with Crippen molar-refractivity contribution < 1.29 is 19.1 Å². The Morgan fingerprint density at radius 1 is 1.07 bits per heavy atom. The topological polar surface area (TPSA) is 87.7 Å². The van der Waals surface area contributed by atoms with Crippen LogP contribution in [0.25, 0.3) is 0 Å². The van der Waals surface area contributed by atoms with Crippen molar-refractivity contribution in [3.8, 4) is 0 Å². The molecule has 1 aromatic carbocycles. The molecule has 0 saturated heterocycles. The van der Waals surface area contributed by atoms with Gasteiger partial charge in [0.15, 0.2) is 0 Å². The third kappa shape index (κ3) is 9.29. The van der Waals surface area contributed by atoms with E-state index in [9.17, 15) is 14.4 Å². The van der Waals surface area contributed by atoms with Crippen LogP contribution in [0.1, 0.15) is 72.4 Å². The molecule has 0 fully saturated rings.